The number of hydrogen-bond donors (Lipinski definition) is 1. The van der Waals surface area contributed by atoms with Crippen LogP contribution in [0.5, 0.6) is 5.75 Å². The van der Waals surface area contributed by atoms with Crippen molar-refractivity contribution in [3.8, 4) is 5.75 Å². The Kier molecular flexibility index (Phi) is 4.74. The smallest absolute Gasteiger partial charge is 0.236 e. The van der Waals surface area contributed by atoms with E-state index in [4.69, 9.17) is 4.74 Å². The number of amides is 1. The fourth-order valence-electron chi connectivity index (χ4n) is 2.19. The van der Waals surface area contributed by atoms with Gasteiger partial charge in [-0.1, -0.05) is 0 Å². The molecule has 1 heterocycles. The number of halogens is 1. The van der Waals surface area contributed by atoms with Crippen LogP contribution in [0.1, 0.15) is 12.8 Å². The monoisotopic (exact) mass is 266 g/mol. The molecule has 0 unspecified atom stereocenters. The Balaban J connectivity index is 1.80. The van der Waals surface area contributed by atoms with Gasteiger partial charge in [0, 0.05) is 25.9 Å². The predicted molar refractivity (Wildman–Crippen MR) is 70.6 cm³/mol. The third kappa shape index (κ3) is 3.92. The van der Waals surface area contributed by atoms with Gasteiger partial charge in [0.05, 0.1) is 6.54 Å². The molecular formula is C14H19FN2O2. The Bertz CT molecular complexity index is 414. The first-order valence-corrected chi connectivity index (χ1v) is 6.53. The molecule has 5 heteroatoms. The molecule has 0 aliphatic carbocycles. The van der Waals surface area contributed by atoms with Gasteiger partial charge >= 0.3 is 0 Å². The van der Waals surface area contributed by atoms with Crippen molar-refractivity contribution in [2.75, 3.05) is 26.7 Å². The van der Waals surface area contributed by atoms with Gasteiger partial charge in [-0.2, -0.15) is 0 Å². The van der Waals surface area contributed by atoms with E-state index in [1.807, 2.05) is 4.90 Å². The van der Waals surface area contributed by atoms with Crippen LogP contribution >= 0.6 is 0 Å². The summed E-state index contributed by atoms with van der Waals surface area (Å²) in [6.07, 6.45) is 1.73. The van der Waals surface area contributed by atoms with E-state index < -0.39 is 0 Å². The van der Waals surface area contributed by atoms with Crippen molar-refractivity contribution in [3.05, 3.63) is 30.1 Å². The molecule has 1 aromatic rings. The van der Waals surface area contributed by atoms with Gasteiger partial charge < -0.3 is 15.0 Å². The van der Waals surface area contributed by atoms with Crippen LogP contribution in [0, 0.1) is 5.82 Å². The summed E-state index contributed by atoms with van der Waals surface area (Å²) in [5.41, 5.74) is 0. The number of hydrogen-bond acceptors (Lipinski definition) is 3. The number of nitrogens with zero attached hydrogens (tertiary/aromatic N) is 1. The highest BCUT2D eigenvalue weighted by Gasteiger charge is 2.23. The zero-order valence-electron chi connectivity index (χ0n) is 11.1. The van der Waals surface area contributed by atoms with Crippen molar-refractivity contribution in [2.24, 2.45) is 0 Å². The highest BCUT2D eigenvalue weighted by atomic mass is 19.1. The van der Waals surface area contributed by atoms with Crippen molar-refractivity contribution >= 4 is 5.91 Å². The maximum Gasteiger partial charge on any atom is 0.236 e. The van der Waals surface area contributed by atoms with Gasteiger partial charge in [-0.3, -0.25) is 4.79 Å². The molecule has 1 saturated heterocycles. The predicted octanol–water partition coefficient (Wildman–Crippen LogP) is 1.41. The normalized spacial score (nSPS) is 16.4. The molecule has 1 N–H and O–H groups in total. The largest absolute Gasteiger partial charge is 0.490 e. The minimum Gasteiger partial charge on any atom is -0.490 e. The third-order valence-electron chi connectivity index (χ3n) is 3.24. The second-order valence-electron chi connectivity index (χ2n) is 4.68. The molecule has 0 atom stereocenters. The van der Waals surface area contributed by atoms with Crippen molar-refractivity contribution in [1.82, 2.24) is 10.2 Å². The number of carbonyl (C=O) groups is 1. The first kappa shape index (κ1) is 13.8. The van der Waals surface area contributed by atoms with Gasteiger partial charge in [-0.05, 0) is 31.3 Å². The topological polar surface area (TPSA) is 41.6 Å². The average molecular weight is 266 g/mol. The zero-order valence-corrected chi connectivity index (χ0v) is 11.1. The molecule has 1 aliphatic rings. The van der Waals surface area contributed by atoms with E-state index in [0.717, 1.165) is 12.8 Å². The van der Waals surface area contributed by atoms with E-state index in [-0.39, 0.29) is 17.8 Å². The quantitative estimate of drug-likeness (QED) is 0.896. The van der Waals surface area contributed by atoms with E-state index in [1.54, 1.807) is 19.2 Å². The van der Waals surface area contributed by atoms with Crippen LogP contribution in [0.15, 0.2) is 24.3 Å². The van der Waals surface area contributed by atoms with Crippen LogP contribution in [0.3, 0.4) is 0 Å². The van der Waals surface area contributed by atoms with E-state index in [1.165, 1.54) is 12.1 Å². The summed E-state index contributed by atoms with van der Waals surface area (Å²) in [4.78, 5) is 13.5. The Hall–Kier alpha value is -1.62. The number of piperidine rings is 1. The molecule has 1 aromatic carbocycles. The molecule has 0 radical (unpaired) electrons. The molecule has 104 valence electrons. The number of likely N-dealkylation sites (tertiary alicyclic amines) is 1. The van der Waals surface area contributed by atoms with E-state index >= 15 is 0 Å². The molecule has 1 amide bonds. The maximum absolute atomic E-state index is 12.8. The summed E-state index contributed by atoms with van der Waals surface area (Å²) in [5, 5.41) is 2.86. The summed E-state index contributed by atoms with van der Waals surface area (Å²) in [6, 6.07) is 6.05. The number of benzene rings is 1. The zero-order chi connectivity index (χ0) is 13.7. The second-order valence-corrected chi connectivity index (χ2v) is 4.68. The van der Waals surface area contributed by atoms with Crippen LogP contribution in [-0.4, -0.2) is 43.6 Å². The average Bonchev–Trinajstić information content (AvgIpc) is 2.42. The SMILES string of the molecule is CNCC(=O)N1CCC(Oc2ccc(F)cc2)CC1. The summed E-state index contributed by atoms with van der Waals surface area (Å²) in [6.45, 7) is 1.81. The highest BCUT2D eigenvalue weighted by molar-refractivity contribution is 5.78. The summed E-state index contributed by atoms with van der Waals surface area (Å²) in [5.74, 6) is 0.545. The van der Waals surface area contributed by atoms with Gasteiger partial charge in [0.1, 0.15) is 17.7 Å². The van der Waals surface area contributed by atoms with Gasteiger partial charge in [-0.25, -0.2) is 4.39 Å². The molecule has 19 heavy (non-hydrogen) atoms. The minimum atomic E-state index is -0.264. The fraction of sp³-hybridized carbons (Fsp3) is 0.500. The fourth-order valence-corrected chi connectivity index (χ4v) is 2.19. The molecule has 0 saturated carbocycles. The number of rotatable bonds is 4. The van der Waals surface area contributed by atoms with Crippen molar-refractivity contribution in [2.45, 2.75) is 18.9 Å². The van der Waals surface area contributed by atoms with Gasteiger partial charge in [0.25, 0.3) is 0 Å². The van der Waals surface area contributed by atoms with Crippen LogP contribution in [0.25, 0.3) is 0 Å². The van der Waals surface area contributed by atoms with Crippen LogP contribution in [-0.2, 0) is 4.79 Å². The Labute approximate surface area is 112 Å². The van der Waals surface area contributed by atoms with E-state index in [2.05, 4.69) is 5.32 Å². The molecule has 1 aliphatic heterocycles. The number of ether oxygens (including phenoxy) is 1. The van der Waals surface area contributed by atoms with Crippen molar-refractivity contribution < 1.29 is 13.9 Å². The highest BCUT2D eigenvalue weighted by Crippen LogP contribution is 2.19. The molecule has 4 nitrogen and oxygen atoms in total. The molecule has 1 fully saturated rings. The second kappa shape index (κ2) is 6.52. The Morgan fingerprint density at radius 2 is 2.00 bits per heavy atom. The van der Waals surface area contributed by atoms with E-state index in [0.29, 0.717) is 25.4 Å². The van der Waals surface area contributed by atoms with Crippen molar-refractivity contribution in [1.29, 1.82) is 0 Å². The molecule has 2 rings (SSSR count). The third-order valence-corrected chi connectivity index (χ3v) is 3.24. The van der Waals surface area contributed by atoms with E-state index in [9.17, 15) is 9.18 Å². The van der Waals surface area contributed by atoms with Gasteiger partial charge in [0.2, 0.25) is 5.91 Å². The lowest BCUT2D eigenvalue weighted by Gasteiger charge is -2.32. The summed E-state index contributed by atoms with van der Waals surface area (Å²) in [7, 11) is 1.77. The lowest BCUT2D eigenvalue weighted by Crippen LogP contribution is -2.44. The molecular weight excluding hydrogens is 247 g/mol. The maximum atomic E-state index is 12.8. The number of nitrogens with one attached hydrogen (secondary N) is 1. The van der Waals surface area contributed by atoms with Crippen LogP contribution in [0.2, 0.25) is 0 Å². The van der Waals surface area contributed by atoms with Gasteiger partial charge in [-0.15, -0.1) is 0 Å². The lowest BCUT2D eigenvalue weighted by atomic mass is 10.1. The number of carbonyl (C=O) groups excluding carboxylic acids is 1. The first-order chi connectivity index (χ1) is 9.19. The van der Waals surface area contributed by atoms with Gasteiger partial charge in [0.15, 0.2) is 0 Å². The Morgan fingerprint density at radius 1 is 1.37 bits per heavy atom. The Morgan fingerprint density at radius 3 is 2.58 bits per heavy atom. The molecule has 0 bridgehead atoms. The summed E-state index contributed by atoms with van der Waals surface area (Å²) >= 11 is 0. The standard InChI is InChI=1S/C14H19FN2O2/c1-16-10-14(18)17-8-6-13(7-9-17)19-12-4-2-11(15)3-5-12/h2-5,13,16H,6-10H2,1H3. The summed E-state index contributed by atoms with van der Waals surface area (Å²) < 4.78 is 18.6. The van der Waals surface area contributed by atoms with Crippen molar-refractivity contribution in [3.63, 3.8) is 0 Å². The lowest BCUT2D eigenvalue weighted by molar-refractivity contribution is -0.131. The minimum absolute atomic E-state index is 0.101. The van der Waals surface area contributed by atoms with Crippen LogP contribution < -0.4 is 10.1 Å². The first-order valence-electron chi connectivity index (χ1n) is 6.53. The molecule has 0 aromatic heterocycles. The molecule has 0 spiro atoms. The number of likely N-dealkylation sites (N-methyl/N-ethyl adjacent to an activating group) is 1. The van der Waals surface area contributed by atoms with Crippen LogP contribution in [0.4, 0.5) is 4.39 Å².